The van der Waals surface area contributed by atoms with Gasteiger partial charge in [-0.05, 0) is 6.07 Å². The fourth-order valence-corrected chi connectivity index (χ4v) is 0.914. The van der Waals surface area contributed by atoms with Gasteiger partial charge in [0.05, 0.1) is 13.5 Å². The van der Waals surface area contributed by atoms with E-state index in [9.17, 15) is 14.3 Å². The average Bonchev–Trinajstić information content (AvgIpc) is 2.37. The van der Waals surface area contributed by atoms with Gasteiger partial charge in [-0.25, -0.2) is 4.39 Å². The molecule has 1 rings (SSSR count). The zero-order valence-electron chi connectivity index (χ0n) is 11.1. The van der Waals surface area contributed by atoms with E-state index in [0.29, 0.717) is 5.56 Å². The molecule has 1 aromatic carbocycles. The summed E-state index contributed by atoms with van der Waals surface area (Å²) in [5.41, 5.74) is 0.355. The summed E-state index contributed by atoms with van der Waals surface area (Å²) in [6.45, 7) is 8.00. The fourth-order valence-electron chi connectivity index (χ4n) is 0.914. The van der Waals surface area contributed by atoms with Gasteiger partial charge < -0.3 is 9.84 Å². The molecule has 0 radical (unpaired) electrons. The van der Waals surface area contributed by atoms with Crippen LogP contribution in [0.5, 0.6) is 5.75 Å². The molecule has 0 aliphatic rings. The summed E-state index contributed by atoms with van der Waals surface area (Å²) in [5, 5.41) is 9.19. The first-order valence-electron chi connectivity index (χ1n) is 5.67. The lowest BCUT2D eigenvalue weighted by atomic mass is 10.1. The molecule has 0 amide bonds. The highest BCUT2D eigenvalue weighted by Crippen LogP contribution is 2.18. The number of halogens is 1. The Hall–Kier alpha value is -1.58. The maximum absolute atomic E-state index is 12.5. The van der Waals surface area contributed by atoms with Gasteiger partial charge in [0.2, 0.25) is 0 Å². The van der Waals surface area contributed by atoms with E-state index in [1.807, 2.05) is 27.7 Å². The second-order valence-electron chi connectivity index (χ2n) is 2.53. The molecule has 0 heterocycles. The van der Waals surface area contributed by atoms with E-state index in [-0.39, 0.29) is 12.2 Å². The maximum Gasteiger partial charge on any atom is 0.310 e. The number of phenols is 1. The normalized spacial score (nSPS) is 8.12. The highest BCUT2D eigenvalue weighted by Gasteiger charge is 2.07. The highest BCUT2D eigenvalue weighted by atomic mass is 19.1. The quantitative estimate of drug-likeness (QED) is 0.812. The standard InChI is InChI=1S/C9H9FO3.2C2H6/c1-13-9(12)4-6-2-3-7(10)5-8(6)11;2*1-2/h2-3,5,11H,4H2,1H3;2*1-2H3. The Morgan fingerprint density at radius 2 is 1.82 bits per heavy atom. The molecule has 0 aliphatic carbocycles. The zero-order valence-corrected chi connectivity index (χ0v) is 11.1. The second-order valence-corrected chi connectivity index (χ2v) is 2.53. The van der Waals surface area contributed by atoms with E-state index in [1.165, 1.54) is 19.2 Å². The van der Waals surface area contributed by atoms with Crippen molar-refractivity contribution < 1.29 is 19.0 Å². The molecule has 17 heavy (non-hydrogen) atoms. The Bertz CT molecular complexity index is 324. The van der Waals surface area contributed by atoms with Crippen molar-refractivity contribution in [1.29, 1.82) is 0 Å². The SMILES string of the molecule is CC.CC.COC(=O)Cc1ccc(F)cc1O. The molecule has 1 aromatic rings. The van der Waals surface area contributed by atoms with E-state index in [0.717, 1.165) is 6.07 Å². The number of ether oxygens (including phenoxy) is 1. The van der Waals surface area contributed by atoms with Crippen molar-refractivity contribution >= 4 is 5.97 Å². The highest BCUT2D eigenvalue weighted by molar-refractivity contribution is 5.73. The minimum atomic E-state index is -0.536. The van der Waals surface area contributed by atoms with Crippen LogP contribution in [0.25, 0.3) is 0 Å². The number of carbonyl (C=O) groups is 1. The molecule has 0 atom stereocenters. The van der Waals surface area contributed by atoms with Gasteiger partial charge in [0.25, 0.3) is 0 Å². The van der Waals surface area contributed by atoms with Crippen LogP contribution in [-0.2, 0) is 16.0 Å². The molecule has 0 aliphatic heterocycles. The molecule has 0 fully saturated rings. The number of benzene rings is 1. The van der Waals surface area contributed by atoms with Gasteiger partial charge in [-0.2, -0.15) is 0 Å². The van der Waals surface area contributed by atoms with Crippen LogP contribution >= 0.6 is 0 Å². The third-order valence-corrected chi connectivity index (χ3v) is 1.61. The third-order valence-electron chi connectivity index (χ3n) is 1.61. The van der Waals surface area contributed by atoms with Crippen molar-refractivity contribution in [3.8, 4) is 5.75 Å². The molecule has 0 saturated heterocycles. The number of hydrogen-bond acceptors (Lipinski definition) is 3. The number of methoxy groups -OCH3 is 1. The van der Waals surface area contributed by atoms with Crippen molar-refractivity contribution in [2.45, 2.75) is 34.1 Å². The van der Waals surface area contributed by atoms with Gasteiger partial charge in [-0.15, -0.1) is 0 Å². The molecule has 1 N–H and O–H groups in total. The van der Waals surface area contributed by atoms with Gasteiger partial charge in [0, 0.05) is 11.6 Å². The van der Waals surface area contributed by atoms with Crippen molar-refractivity contribution in [3.05, 3.63) is 29.6 Å². The lowest BCUT2D eigenvalue weighted by Crippen LogP contribution is -2.04. The van der Waals surface area contributed by atoms with Crippen molar-refractivity contribution in [2.75, 3.05) is 7.11 Å². The first kappa shape index (κ1) is 17.8. The van der Waals surface area contributed by atoms with Crippen LogP contribution in [0, 0.1) is 5.82 Å². The van der Waals surface area contributed by atoms with Crippen LogP contribution in [0.4, 0.5) is 4.39 Å². The predicted molar refractivity (Wildman–Crippen MR) is 66.5 cm³/mol. The number of hydrogen-bond donors (Lipinski definition) is 1. The summed E-state index contributed by atoms with van der Waals surface area (Å²) < 4.78 is 16.9. The van der Waals surface area contributed by atoms with E-state index < -0.39 is 11.8 Å². The van der Waals surface area contributed by atoms with Crippen LogP contribution < -0.4 is 0 Å². The van der Waals surface area contributed by atoms with E-state index in [4.69, 9.17) is 0 Å². The fraction of sp³-hybridized carbons (Fsp3) is 0.462. The van der Waals surface area contributed by atoms with E-state index in [2.05, 4.69) is 4.74 Å². The summed E-state index contributed by atoms with van der Waals surface area (Å²) >= 11 is 0. The van der Waals surface area contributed by atoms with Crippen molar-refractivity contribution in [3.63, 3.8) is 0 Å². The van der Waals surface area contributed by atoms with Crippen LogP contribution in [0.15, 0.2) is 18.2 Å². The first-order chi connectivity index (χ1) is 8.13. The molecular formula is C13H21FO3. The van der Waals surface area contributed by atoms with Crippen molar-refractivity contribution in [1.82, 2.24) is 0 Å². The minimum Gasteiger partial charge on any atom is -0.508 e. The summed E-state index contributed by atoms with van der Waals surface area (Å²) in [7, 11) is 1.25. The molecule has 0 spiro atoms. The number of esters is 1. The van der Waals surface area contributed by atoms with Crippen molar-refractivity contribution in [2.24, 2.45) is 0 Å². The number of phenolic OH excluding ortho intramolecular Hbond substituents is 1. The summed E-state index contributed by atoms with van der Waals surface area (Å²) in [6.07, 6.45) is -0.0530. The monoisotopic (exact) mass is 244 g/mol. The predicted octanol–water partition coefficient (Wildman–Crippen LogP) is 3.30. The Labute approximate surface area is 102 Å². The summed E-state index contributed by atoms with van der Waals surface area (Å²) in [6, 6.07) is 3.48. The molecular weight excluding hydrogens is 223 g/mol. The molecule has 0 saturated carbocycles. The Kier molecular flexibility index (Phi) is 11.4. The van der Waals surface area contributed by atoms with Gasteiger partial charge in [-0.3, -0.25) is 4.79 Å². The Morgan fingerprint density at radius 1 is 1.29 bits per heavy atom. The molecule has 98 valence electrons. The van der Waals surface area contributed by atoms with E-state index in [1.54, 1.807) is 0 Å². The topological polar surface area (TPSA) is 46.5 Å². The lowest BCUT2D eigenvalue weighted by molar-refractivity contribution is -0.139. The molecule has 4 heteroatoms. The summed E-state index contributed by atoms with van der Waals surface area (Å²) in [5.74, 6) is -1.24. The minimum absolute atomic E-state index is 0.0530. The molecule has 0 aromatic heterocycles. The van der Waals surface area contributed by atoms with Crippen LogP contribution in [0.1, 0.15) is 33.3 Å². The van der Waals surface area contributed by atoms with Gasteiger partial charge in [0.1, 0.15) is 11.6 Å². The summed E-state index contributed by atoms with van der Waals surface area (Å²) in [4.78, 5) is 10.8. The van der Waals surface area contributed by atoms with Gasteiger partial charge in [-0.1, -0.05) is 33.8 Å². The number of rotatable bonds is 2. The molecule has 0 unspecified atom stereocenters. The number of aromatic hydroxyl groups is 1. The van der Waals surface area contributed by atoms with Crippen LogP contribution in [0.2, 0.25) is 0 Å². The smallest absolute Gasteiger partial charge is 0.310 e. The maximum atomic E-state index is 12.5. The Morgan fingerprint density at radius 3 is 2.24 bits per heavy atom. The molecule has 3 nitrogen and oxygen atoms in total. The first-order valence-corrected chi connectivity index (χ1v) is 5.67. The van der Waals surface area contributed by atoms with Gasteiger partial charge >= 0.3 is 5.97 Å². The Balaban J connectivity index is 0. The van der Waals surface area contributed by atoms with Gasteiger partial charge in [0.15, 0.2) is 0 Å². The third kappa shape index (κ3) is 7.33. The average molecular weight is 244 g/mol. The molecule has 0 bridgehead atoms. The zero-order chi connectivity index (χ0) is 13.8. The number of carbonyl (C=O) groups excluding carboxylic acids is 1. The lowest BCUT2D eigenvalue weighted by Gasteiger charge is -2.02. The largest absolute Gasteiger partial charge is 0.508 e. The second kappa shape index (κ2) is 10.9. The van der Waals surface area contributed by atoms with E-state index >= 15 is 0 Å². The van der Waals surface area contributed by atoms with Crippen LogP contribution in [-0.4, -0.2) is 18.2 Å². The van der Waals surface area contributed by atoms with Crippen LogP contribution in [0.3, 0.4) is 0 Å².